The average molecular weight is 471 g/mol. The van der Waals surface area contributed by atoms with Crippen molar-refractivity contribution in [1.29, 1.82) is 0 Å². The normalized spacial score (nSPS) is 10.2. The first kappa shape index (κ1) is 26.8. The molecule has 0 amide bonds. The van der Waals surface area contributed by atoms with E-state index in [2.05, 4.69) is 15.3 Å². The fourth-order valence-corrected chi connectivity index (χ4v) is 3.27. The number of hydroxylamine groups is 1. The summed E-state index contributed by atoms with van der Waals surface area (Å²) >= 11 is 0. The van der Waals surface area contributed by atoms with E-state index in [0.717, 1.165) is 60.0 Å². The number of methoxy groups -OCH3 is 2. The number of hydrogen-bond donors (Lipinski definition) is 3. The van der Waals surface area contributed by atoms with Gasteiger partial charge < -0.3 is 29.5 Å². The van der Waals surface area contributed by atoms with E-state index in [1.54, 1.807) is 19.7 Å². The second-order valence-electron chi connectivity index (χ2n) is 7.39. The number of hydrogen-bond acceptors (Lipinski definition) is 9. The lowest BCUT2D eigenvalue weighted by Crippen LogP contribution is -2.04. The predicted molar refractivity (Wildman–Crippen MR) is 132 cm³/mol. The van der Waals surface area contributed by atoms with Crippen molar-refractivity contribution in [2.24, 2.45) is 0 Å². The van der Waals surface area contributed by atoms with Crippen molar-refractivity contribution in [3.05, 3.63) is 48.3 Å². The Kier molecular flexibility index (Phi) is 12.2. The third-order valence-corrected chi connectivity index (χ3v) is 5.01. The molecule has 9 heteroatoms. The maximum absolute atomic E-state index is 10.4. The molecule has 0 atom stereocenters. The number of fused-ring (bicyclic) bond motifs is 1. The minimum absolute atomic E-state index is 0.589. The van der Waals surface area contributed by atoms with Crippen LogP contribution in [0, 0.1) is 0 Å². The van der Waals surface area contributed by atoms with E-state index >= 15 is 0 Å². The highest BCUT2D eigenvalue weighted by Gasteiger charge is 2.12. The van der Waals surface area contributed by atoms with E-state index in [0.29, 0.717) is 31.1 Å². The molecule has 0 aliphatic rings. The zero-order valence-electron chi connectivity index (χ0n) is 20.0. The van der Waals surface area contributed by atoms with Gasteiger partial charge in [-0.05, 0) is 36.6 Å². The molecule has 1 heterocycles. The highest BCUT2D eigenvalue weighted by atomic mass is 16.5. The smallest absolute Gasteiger partial charge is 0.162 e. The Morgan fingerprint density at radius 2 is 1.71 bits per heavy atom. The van der Waals surface area contributed by atoms with Crippen molar-refractivity contribution in [1.82, 2.24) is 15.4 Å². The molecule has 1 aromatic heterocycles. The molecule has 34 heavy (non-hydrogen) atoms. The molecule has 3 aromatic rings. The first-order valence-corrected chi connectivity index (χ1v) is 11.2. The lowest BCUT2D eigenvalue weighted by Gasteiger charge is -2.14. The van der Waals surface area contributed by atoms with Gasteiger partial charge in [0.1, 0.15) is 24.2 Å². The van der Waals surface area contributed by atoms with E-state index < -0.39 is 0 Å². The molecule has 2 aromatic carbocycles. The summed E-state index contributed by atoms with van der Waals surface area (Å²) in [5, 5.41) is 11.6. The van der Waals surface area contributed by atoms with E-state index in [9.17, 15) is 4.79 Å². The second kappa shape index (κ2) is 15.4. The molecule has 0 radical (unpaired) electrons. The van der Waals surface area contributed by atoms with Gasteiger partial charge in [0.2, 0.25) is 0 Å². The summed E-state index contributed by atoms with van der Waals surface area (Å²) < 4.78 is 16.7. The number of rotatable bonds is 13. The largest absolute Gasteiger partial charge is 0.497 e. The first-order chi connectivity index (χ1) is 16.7. The molecule has 0 spiro atoms. The lowest BCUT2D eigenvalue weighted by molar-refractivity contribution is -0.107. The van der Waals surface area contributed by atoms with Crippen molar-refractivity contribution in [3.8, 4) is 17.2 Å². The number of anilines is 1. The van der Waals surface area contributed by atoms with Crippen LogP contribution >= 0.6 is 0 Å². The Balaban J connectivity index is 0.00000129. The molecule has 0 aliphatic carbocycles. The van der Waals surface area contributed by atoms with E-state index in [1.165, 1.54) is 13.4 Å². The van der Waals surface area contributed by atoms with Crippen LogP contribution in [0.25, 0.3) is 10.9 Å². The van der Waals surface area contributed by atoms with Crippen molar-refractivity contribution in [3.63, 3.8) is 0 Å². The molecular weight excluding hydrogens is 436 g/mol. The maximum Gasteiger partial charge on any atom is 0.162 e. The molecule has 3 rings (SSSR count). The second-order valence-corrected chi connectivity index (χ2v) is 7.39. The standard InChI is InChI=1S/C24H29N3O4.CH5NO/c1-29-19-10-8-18(9-11-19)16-25-24-20-14-23(31-13-7-5-3-4-6-12-28)22(30-2)15-21(20)26-17-27-24;1-2-3/h8-12,14-15,17H,3-7,13,16H2,1-2H3,(H,25,26,27);2-3H,1H3. The van der Waals surface area contributed by atoms with Gasteiger partial charge in [0.15, 0.2) is 11.5 Å². The highest BCUT2D eigenvalue weighted by Crippen LogP contribution is 2.34. The van der Waals surface area contributed by atoms with Crippen LogP contribution in [0.2, 0.25) is 0 Å². The number of nitrogens with zero attached hydrogens (tertiary/aromatic N) is 2. The van der Waals surface area contributed by atoms with Crippen molar-refractivity contribution >= 4 is 23.0 Å². The minimum Gasteiger partial charge on any atom is -0.497 e. The monoisotopic (exact) mass is 470 g/mol. The number of unbranched alkanes of at least 4 members (excludes halogenated alkanes) is 4. The molecule has 0 saturated heterocycles. The topological polar surface area (TPSA) is 115 Å². The van der Waals surface area contributed by atoms with Gasteiger partial charge in [-0.25, -0.2) is 15.4 Å². The van der Waals surface area contributed by atoms with Crippen LogP contribution in [0.3, 0.4) is 0 Å². The molecule has 0 fully saturated rings. The third-order valence-electron chi connectivity index (χ3n) is 5.01. The van der Waals surface area contributed by atoms with Crippen molar-refractivity contribution in [2.75, 3.05) is 33.2 Å². The highest BCUT2D eigenvalue weighted by molar-refractivity contribution is 5.91. The van der Waals surface area contributed by atoms with E-state index in [-0.39, 0.29) is 0 Å². The summed E-state index contributed by atoms with van der Waals surface area (Å²) in [6, 6.07) is 11.7. The number of aldehydes is 1. The Bertz CT molecular complexity index is 999. The van der Waals surface area contributed by atoms with Gasteiger partial charge in [-0.2, -0.15) is 0 Å². The molecule has 9 nitrogen and oxygen atoms in total. The fourth-order valence-electron chi connectivity index (χ4n) is 3.27. The van der Waals surface area contributed by atoms with Crippen LogP contribution in [-0.4, -0.2) is 49.3 Å². The zero-order chi connectivity index (χ0) is 24.6. The third kappa shape index (κ3) is 8.49. The van der Waals surface area contributed by atoms with E-state index in [4.69, 9.17) is 19.4 Å². The molecule has 3 N–H and O–H groups in total. The summed E-state index contributed by atoms with van der Waals surface area (Å²) in [6.45, 7) is 1.21. The van der Waals surface area contributed by atoms with Gasteiger partial charge in [0, 0.05) is 31.5 Å². The van der Waals surface area contributed by atoms with Gasteiger partial charge in [-0.3, -0.25) is 0 Å². The summed E-state index contributed by atoms with van der Waals surface area (Å²) in [5.74, 6) is 2.88. The molecular formula is C25H34N4O5. The van der Waals surface area contributed by atoms with Crippen LogP contribution in [0.1, 0.15) is 37.7 Å². The summed E-state index contributed by atoms with van der Waals surface area (Å²) in [6.07, 6.45) is 7.06. The van der Waals surface area contributed by atoms with Crippen LogP contribution in [-0.2, 0) is 11.3 Å². The molecule has 0 bridgehead atoms. The Labute approximate surface area is 200 Å². The zero-order valence-corrected chi connectivity index (χ0v) is 20.0. The Morgan fingerprint density at radius 1 is 0.971 bits per heavy atom. The molecule has 0 aliphatic heterocycles. The summed E-state index contributed by atoms with van der Waals surface area (Å²) in [7, 11) is 4.71. The number of benzene rings is 2. The van der Waals surface area contributed by atoms with Gasteiger partial charge in [0.25, 0.3) is 0 Å². The van der Waals surface area contributed by atoms with Gasteiger partial charge >= 0.3 is 0 Å². The average Bonchev–Trinajstić information content (AvgIpc) is 2.87. The molecule has 0 saturated carbocycles. The fraction of sp³-hybridized carbons (Fsp3) is 0.400. The lowest BCUT2D eigenvalue weighted by atomic mass is 10.1. The Morgan fingerprint density at radius 3 is 2.38 bits per heavy atom. The summed E-state index contributed by atoms with van der Waals surface area (Å²) in [5.41, 5.74) is 3.65. The Hall–Kier alpha value is -3.43. The SMILES string of the molecule is CNO.COc1ccc(CNc2ncnc3cc(OC)c(OCCCCCCC=O)cc23)cc1. The van der Waals surface area contributed by atoms with Crippen LogP contribution in [0.4, 0.5) is 5.82 Å². The number of nitrogens with one attached hydrogen (secondary N) is 2. The van der Waals surface area contributed by atoms with Crippen molar-refractivity contribution in [2.45, 2.75) is 38.6 Å². The number of aromatic nitrogens is 2. The maximum atomic E-state index is 10.4. The number of carbonyl (C=O) groups excluding carboxylic acids is 1. The van der Waals surface area contributed by atoms with Crippen LogP contribution in [0.15, 0.2) is 42.7 Å². The number of ether oxygens (including phenoxy) is 3. The van der Waals surface area contributed by atoms with Crippen LogP contribution in [0.5, 0.6) is 17.2 Å². The summed E-state index contributed by atoms with van der Waals surface area (Å²) in [4.78, 5) is 19.2. The minimum atomic E-state index is 0.589. The molecule has 184 valence electrons. The van der Waals surface area contributed by atoms with E-state index in [1.807, 2.05) is 36.4 Å². The number of carbonyl (C=O) groups is 1. The van der Waals surface area contributed by atoms with Gasteiger partial charge in [0.05, 0.1) is 26.3 Å². The van der Waals surface area contributed by atoms with Crippen molar-refractivity contribution < 1.29 is 24.2 Å². The van der Waals surface area contributed by atoms with Gasteiger partial charge in [-0.1, -0.05) is 25.0 Å². The predicted octanol–water partition coefficient (Wildman–Crippen LogP) is 4.38. The molecule has 0 unspecified atom stereocenters. The quantitative estimate of drug-likeness (QED) is 0.190. The van der Waals surface area contributed by atoms with Gasteiger partial charge in [-0.15, -0.1) is 0 Å². The van der Waals surface area contributed by atoms with Crippen LogP contribution < -0.4 is 25.0 Å². The first-order valence-electron chi connectivity index (χ1n) is 11.2.